The molecular formula is C21H26ClN3O2. The molecule has 5 nitrogen and oxygen atoms in total. The lowest BCUT2D eigenvalue weighted by molar-refractivity contribution is -0.126. The predicted octanol–water partition coefficient (Wildman–Crippen LogP) is 4.05. The molecule has 1 aliphatic heterocycles. The number of amides is 2. The topological polar surface area (TPSA) is 62.3 Å². The molecular weight excluding hydrogens is 362 g/mol. The number of likely N-dealkylation sites (tertiary alicyclic amines) is 1. The molecule has 1 aromatic carbocycles. The molecule has 0 aliphatic carbocycles. The van der Waals surface area contributed by atoms with E-state index < -0.39 is 0 Å². The fourth-order valence-corrected chi connectivity index (χ4v) is 3.77. The van der Waals surface area contributed by atoms with Crippen LogP contribution >= 0.6 is 11.6 Å². The van der Waals surface area contributed by atoms with Crippen LogP contribution in [0.25, 0.3) is 10.9 Å². The van der Waals surface area contributed by atoms with E-state index in [2.05, 4.69) is 17.2 Å². The summed E-state index contributed by atoms with van der Waals surface area (Å²) in [5, 5.41) is 4.40. The van der Waals surface area contributed by atoms with Crippen LogP contribution < -0.4 is 5.32 Å². The lowest BCUT2D eigenvalue weighted by atomic mass is 9.95. The Kier molecular flexibility index (Phi) is 6.67. The minimum absolute atomic E-state index is 0.00392. The molecule has 2 heterocycles. The van der Waals surface area contributed by atoms with Gasteiger partial charge in [-0.3, -0.25) is 14.6 Å². The second kappa shape index (κ2) is 9.18. The highest BCUT2D eigenvalue weighted by atomic mass is 35.5. The Balaban J connectivity index is 1.61. The lowest BCUT2D eigenvalue weighted by Crippen LogP contribution is -2.43. The number of fused-ring (bicyclic) bond motifs is 1. The van der Waals surface area contributed by atoms with E-state index in [1.165, 1.54) is 0 Å². The average molecular weight is 388 g/mol. The van der Waals surface area contributed by atoms with Crippen molar-refractivity contribution in [2.75, 3.05) is 19.6 Å². The van der Waals surface area contributed by atoms with Crippen molar-refractivity contribution in [2.45, 2.75) is 39.0 Å². The minimum Gasteiger partial charge on any atom is -0.356 e. The van der Waals surface area contributed by atoms with Crippen LogP contribution in [0, 0.1) is 5.92 Å². The smallest absolute Gasteiger partial charge is 0.256 e. The molecule has 1 saturated heterocycles. The van der Waals surface area contributed by atoms with Crippen LogP contribution in [0.2, 0.25) is 5.02 Å². The number of carbonyl (C=O) groups is 2. The van der Waals surface area contributed by atoms with E-state index in [0.717, 1.165) is 31.2 Å². The van der Waals surface area contributed by atoms with Gasteiger partial charge in [0.25, 0.3) is 5.91 Å². The number of carbonyl (C=O) groups excluding carboxylic acids is 2. The van der Waals surface area contributed by atoms with E-state index in [1.54, 1.807) is 18.3 Å². The summed E-state index contributed by atoms with van der Waals surface area (Å²) in [5.41, 5.74) is 1.20. The van der Waals surface area contributed by atoms with Crippen molar-refractivity contribution in [3.8, 4) is 0 Å². The Morgan fingerprint density at radius 2 is 2.00 bits per heavy atom. The van der Waals surface area contributed by atoms with Crippen molar-refractivity contribution < 1.29 is 9.59 Å². The zero-order chi connectivity index (χ0) is 19.2. The van der Waals surface area contributed by atoms with Gasteiger partial charge in [-0.1, -0.05) is 31.4 Å². The first-order valence-electron chi connectivity index (χ1n) is 9.72. The lowest BCUT2D eigenvalue weighted by Gasteiger charge is -2.31. The number of unbranched alkanes of at least 4 members (excludes halogenated alkanes) is 2. The van der Waals surface area contributed by atoms with Crippen molar-refractivity contribution in [3.05, 3.63) is 41.0 Å². The average Bonchev–Trinajstić information content (AvgIpc) is 2.71. The minimum atomic E-state index is -0.0443. The normalized spacial score (nSPS) is 15.1. The van der Waals surface area contributed by atoms with Gasteiger partial charge < -0.3 is 10.2 Å². The third kappa shape index (κ3) is 4.59. The zero-order valence-corrected chi connectivity index (χ0v) is 16.5. The highest BCUT2D eigenvalue weighted by Gasteiger charge is 2.28. The fourth-order valence-electron chi connectivity index (χ4n) is 3.56. The number of hydrogen-bond acceptors (Lipinski definition) is 3. The number of nitrogens with one attached hydrogen (secondary N) is 1. The second-order valence-electron chi connectivity index (χ2n) is 7.06. The molecule has 1 aliphatic rings. The standard InChI is InChI=1S/C21H26ClN3O2/c1-2-3-4-11-24-20(26)15-9-13-25(14-10-15)21(27)17-7-8-18(22)16-6-5-12-23-19(16)17/h5-8,12,15H,2-4,9-11,13-14H2,1H3,(H,24,26). The molecule has 0 atom stereocenters. The molecule has 0 spiro atoms. The molecule has 27 heavy (non-hydrogen) atoms. The molecule has 3 rings (SSSR count). The molecule has 2 amide bonds. The Hall–Kier alpha value is -2.14. The van der Waals surface area contributed by atoms with Crippen LogP contribution in [-0.2, 0) is 4.79 Å². The Morgan fingerprint density at radius 1 is 1.22 bits per heavy atom. The number of nitrogens with zero attached hydrogens (tertiary/aromatic N) is 2. The first-order valence-corrected chi connectivity index (χ1v) is 10.1. The fraction of sp³-hybridized carbons (Fsp3) is 0.476. The van der Waals surface area contributed by atoms with E-state index in [0.29, 0.717) is 42.0 Å². The van der Waals surface area contributed by atoms with Crippen molar-refractivity contribution in [3.63, 3.8) is 0 Å². The Labute approximate surface area is 165 Å². The van der Waals surface area contributed by atoms with E-state index >= 15 is 0 Å². The molecule has 6 heteroatoms. The van der Waals surface area contributed by atoms with Gasteiger partial charge in [0, 0.05) is 37.1 Å². The molecule has 2 aromatic rings. The van der Waals surface area contributed by atoms with Gasteiger partial charge in [-0.25, -0.2) is 0 Å². The summed E-state index contributed by atoms with van der Waals surface area (Å²) in [5.74, 6) is 0.0738. The van der Waals surface area contributed by atoms with Crippen molar-refractivity contribution in [1.29, 1.82) is 0 Å². The van der Waals surface area contributed by atoms with Gasteiger partial charge in [-0.15, -0.1) is 0 Å². The second-order valence-corrected chi connectivity index (χ2v) is 7.47. The van der Waals surface area contributed by atoms with Crippen LogP contribution in [0.3, 0.4) is 0 Å². The number of rotatable bonds is 6. The maximum absolute atomic E-state index is 13.0. The van der Waals surface area contributed by atoms with Crippen molar-refractivity contribution >= 4 is 34.3 Å². The number of halogens is 1. The summed E-state index contributed by atoms with van der Waals surface area (Å²) < 4.78 is 0. The van der Waals surface area contributed by atoms with Gasteiger partial charge >= 0.3 is 0 Å². The molecule has 0 bridgehead atoms. The maximum atomic E-state index is 13.0. The molecule has 1 aromatic heterocycles. The molecule has 0 saturated carbocycles. The number of benzene rings is 1. The summed E-state index contributed by atoms with van der Waals surface area (Å²) in [6.07, 6.45) is 6.37. The molecule has 1 N–H and O–H groups in total. The molecule has 1 fully saturated rings. The van der Waals surface area contributed by atoms with Gasteiger partial charge in [0.05, 0.1) is 16.1 Å². The molecule has 0 radical (unpaired) electrons. The van der Waals surface area contributed by atoms with Crippen LogP contribution in [0.1, 0.15) is 49.4 Å². The van der Waals surface area contributed by atoms with E-state index in [1.807, 2.05) is 17.0 Å². The van der Waals surface area contributed by atoms with E-state index in [9.17, 15) is 9.59 Å². The monoisotopic (exact) mass is 387 g/mol. The van der Waals surface area contributed by atoms with E-state index in [-0.39, 0.29) is 17.7 Å². The van der Waals surface area contributed by atoms with Gasteiger partial charge in [0.1, 0.15) is 0 Å². The number of piperidine rings is 1. The van der Waals surface area contributed by atoms with Crippen LogP contribution in [0.5, 0.6) is 0 Å². The van der Waals surface area contributed by atoms with Gasteiger partial charge in [0.2, 0.25) is 5.91 Å². The first kappa shape index (κ1) is 19.6. The van der Waals surface area contributed by atoms with E-state index in [4.69, 9.17) is 11.6 Å². The SMILES string of the molecule is CCCCCNC(=O)C1CCN(C(=O)c2ccc(Cl)c3cccnc23)CC1. The van der Waals surface area contributed by atoms with Crippen molar-refractivity contribution in [1.82, 2.24) is 15.2 Å². The van der Waals surface area contributed by atoms with Gasteiger partial charge in [-0.05, 0) is 43.5 Å². The number of hydrogen-bond donors (Lipinski definition) is 1. The third-order valence-corrected chi connectivity index (χ3v) is 5.51. The van der Waals surface area contributed by atoms with Crippen LogP contribution in [-0.4, -0.2) is 41.3 Å². The molecule has 144 valence electrons. The van der Waals surface area contributed by atoms with Crippen molar-refractivity contribution in [2.24, 2.45) is 5.92 Å². The van der Waals surface area contributed by atoms with Crippen LogP contribution in [0.15, 0.2) is 30.5 Å². The summed E-state index contributed by atoms with van der Waals surface area (Å²) >= 11 is 6.23. The number of pyridine rings is 1. The summed E-state index contributed by atoms with van der Waals surface area (Å²) in [6, 6.07) is 7.17. The van der Waals surface area contributed by atoms with Gasteiger partial charge in [0.15, 0.2) is 0 Å². The largest absolute Gasteiger partial charge is 0.356 e. The van der Waals surface area contributed by atoms with Gasteiger partial charge in [-0.2, -0.15) is 0 Å². The highest BCUT2D eigenvalue weighted by Crippen LogP contribution is 2.27. The number of aromatic nitrogens is 1. The summed E-state index contributed by atoms with van der Waals surface area (Å²) in [6.45, 7) is 4.06. The Bertz CT molecular complexity index is 816. The highest BCUT2D eigenvalue weighted by molar-refractivity contribution is 6.36. The summed E-state index contributed by atoms with van der Waals surface area (Å²) in [7, 11) is 0. The predicted molar refractivity (Wildman–Crippen MR) is 108 cm³/mol. The summed E-state index contributed by atoms with van der Waals surface area (Å²) in [4.78, 5) is 31.4. The zero-order valence-electron chi connectivity index (χ0n) is 15.7. The first-order chi connectivity index (χ1) is 13.1. The Morgan fingerprint density at radius 3 is 2.74 bits per heavy atom. The van der Waals surface area contributed by atoms with Crippen LogP contribution in [0.4, 0.5) is 0 Å². The maximum Gasteiger partial charge on any atom is 0.256 e. The third-order valence-electron chi connectivity index (χ3n) is 5.18. The molecule has 0 unspecified atom stereocenters. The quantitative estimate of drug-likeness (QED) is 0.760.